The quantitative estimate of drug-likeness (QED) is 0.679. The van der Waals surface area contributed by atoms with Crippen molar-refractivity contribution in [3.8, 4) is 22.8 Å². The summed E-state index contributed by atoms with van der Waals surface area (Å²) in [6.07, 6.45) is 1.57. The van der Waals surface area contributed by atoms with Crippen molar-refractivity contribution in [2.75, 3.05) is 7.11 Å². The number of alkyl halides is 2. The van der Waals surface area contributed by atoms with E-state index in [9.17, 15) is 13.6 Å². The Kier molecular flexibility index (Phi) is 5.65. The number of aromatic nitrogens is 1. The minimum absolute atomic E-state index is 0.0444. The Morgan fingerprint density at radius 3 is 2.67 bits per heavy atom. The van der Waals surface area contributed by atoms with E-state index in [0.717, 1.165) is 5.56 Å². The highest BCUT2D eigenvalue weighted by atomic mass is 19.3. The summed E-state index contributed by atoms with van der Waals surface area (Å²) in [5, 5.41) is 2.62. The lowest BCUT2D eigenvalue weighted by Gasteiger charge is -2.11. The molecule has 0 spiro atoms. The lowest BCUT2D eigenvalue weighted by Crippen LogP contribution is -2.23. The number of rotatable bonds is 7. The summed E-state index contributed by atoms with van der Waals surface area (Å²) >= 11 is 0. The molecule has 1 heterocycles. The molecule has 0 saturated heterocycles. The fourth-order valence-corrected chi connectivity index (χ4v) is 2.39. The first-order valence-corrected chi connectivity index (χ1v) is 7.98. The van der Waals surface area contributed by atoms with E-state index >= 15 is 0 Å². The zero-order valence-electron chi connectivity index (χ0n) is 14.3. The fourth-order valence-electron chi connectivity index (χ4n) is 2.39. The third-order valence-electron chi connectivity index (χ3n) is 3.65. The van der Waals surface area contributed by atoms with Crippen LogP contribution in [-0.4, -0.2) is 24.6 Å². The second kappa shape index (κ2) is 8.31. The Bertz CT molecular complexity index is 913. The molecule has 0 radical (unpaired) electrons. The molecule has 0 atom stereocenters. The normalized spacial score (nSPS) is 10.7. The number of nitrogens with zero attached hydrogens (tertiary/aromatic N) is 1. The van der Waals surface area contributed by atoms with E-state index in [1.54, 1.807) is 6.20 Å². The van der Waals surface area contributed by atoms with Crippen LogP contribution < -0.4 is 14.8 Å². The van der Waals surface area contributed by atoms with Crippen molar-refractivity contribution in [2.24, 2.45) is 0 Å². The van der Waals surface area contributed by atoms with E-state index in [0.29, 0.717) is 11.7 Å². The van der Waals surface area contributed by atoms with Gasteiger partial charge in [0.25, 0.3) is 5.91 Å². The van der Waals surface area contributed by atoms with Crippen LogP contribution in [0.4, 0.5) is 8.78 Å². The molecule has 0 saturated carbocycles. The summed E-state index contributed by atoms with van der Waals surface area (Å²) in [5.41, 5.74) is 1.01. The van der Waals surface area contributed by atoms with Gasteiger partial charge in [-0.05, 0) is 18.2 Å². The first-order chi connectivity index (χ1) is 13.1. The van der Waals surface area contributed by atoms with Crippen LogP contribution in [0.1, 0.15) is 16.2 Å². The lowest BCUT2D eigenvalue weighted by molar-refractivity contribution is -0.0512. The largest absolute Gasteiger partial charge is 0.493 e. The third-order valence-corrected chi connectivity index (χ3v) is 3.65. The van der Waals surface area contributed by atoms with Gasteiger partial charge < -0.3 is 19.2 Å². The predicted octanol–water partition coefficient (Wildman–Crippen LogP) is 3.88. The summed E-state index contributed by atoms with van der Waals surface area (Å²) in [6.45, 7) is -2.98. The monoisotopic (exact) mass is 374 g/mol. The number of ether oxygens (including phenoxy) is 2. The molecular weight excluding hydrogens is 358 g/mol. The molecule has 2 aromatic carbocycles. The molecule has 3 aromatic rings. The smallest absolute Gasteiger partial charge is 0.387 e. The first-order valence-electron chi connectivity index (χ1n) is 7.98. The number of halogens is 2. The van der Waals surface area contributed by atoms with E-state index in [1.165, 1.54) is 25.3 Å². The summed E-state index contributed by atoms with van der Waals surface area (Å²) in [6, 6.07) is 13.4. The van der Waals surface area contributed by atoms with E-state index in [-0.39, 0.29) is 23.6 Å². The maximum absolute atomic E-state index is 12.5. The molecular formula is C19H16F2N2O4. The number of amides is 1. The van der Waals surface area contributed by atoms with Gasteiger partial charge >= 0.3 is 6.61 Å². The van der Waals surface area contributed by atoms with Gasteiger partial charge in [-0.3, -0.25) is 4.79 Å². The van der Waals surface area contributed by atoms with Crippen LogP contribution in [0.25, 0.3) is 11.3 Å². The molecule has 1 aromatic heterocycles. The van der Waals surface area contributed by atoms with Crippen LogP contribution in [0.3, 0.4) is 0 Å². The zero-order chi connectivity index (χ0) is 19.2. The Labute approximate surface area is 153 Å². The minimum Gasteiger partial charge on any atom is -0.493 e. The van der Waals surface area contributed by atoms with Crippen LogP contribution >= 0.6 is 0 Å². The highest BCUT2D eigenvalue weighted by Gasteiger charge is 2.15. The van der Waals surface area contributed by atoms with Gasteiger partial charge in [0.2, 0.25) is 5.89 Å². The Balaban J connectivity index is 1.67. The molecule has 6 nitrogen and oxygen atoms in total. The molecule has 140 valence electrons. The molecule has 0 unspecified atom stereocenters. The van der Waals surface area contributed by atoms with Gasteiger partial charge in [0, 0.05) is 11.1 Å². The van der Waals surface area contributed by atoms with Crippen molar-refractivity contribution in [1.29, 1.82) is 0 Å². The maximum Gasteiger partial charge on any atom is 0.387 e. The highest BCUT2D eigenvalue weighted by Crippen LogP contribution is 2.29. The molecule has 27 heavy (non-hydrogen) atoms. The molecule has 0 aliphatic carbocycles. The van der Waals surface area contributed by atoms with Crippen LogP contribution in [-0.2, 0) is 6.54 Å². The second-order valence-electron chi connectivity index (χ2n) is 5.41. The van der Waals surface area contributed by atoms with Gasteiger partial charge in [0.1, 0.15) is 0 Å². The Hall–Kier alpha value is -3.42. The number of hydrogen-bond donors (Lipinski definition) is 1. The van der Waals surface area contributed by atoms with Crippen molar-refractivity contribution in [3.63, 3.8) is 0 Å². The van der Waals surface area contributed by atoms with E-state index < -0.39 is 12.5 Å². The molecule has 1 N–H and O–H groups in total. The van der Waals surface area contributed by atoms with Crippen LogP contribution in [0.2, 0.25) is 0 Å². The molecule has 0 aliphatic rings. The van der Waals surface area contributed by atoms with Crippen molar-refractivity contribution in [1.82, 2.24) is 10.3 Å². The SMILES string of the molecule is COc1ccc(C(=O)NCc2ncc(-c3ccccc3)o2)cc1OC(F)F. The first kappa shape index (κ1) is 18.4. The van der Waals surface area contributed by atoms with Gasteiger partial charge in [-0.1, -0.05) is 30.3 Å². The van der Waals surface area contributed by atoms with Crippen molar-refractivity contribution < 1.29 is 27.5 Å². The molecule has 3 rings (SSSR count). The Morgan fingerprint density at radius 2 is 1.96 bits per heavy atom. The maximum atomic E-state index is 12.5. The number of benzene rings is 2. The number of carbonyl (C=O) groups is 1. The third kappa shape index (κ3) is 4.60. The number of methoxy groups -OCH3 is 1. The molecule has 0 aliphatic heterocycles. The van der Waals surface area contributed by atoms with Gasteiger partial charge in [0.15, 0.2) is 17.3 Å². The average Bonchev–Trinajstić information content (AvgIpc) is 3.15. The van der Waals surface area contributed by atoms with Crippen molar-refractivity contribution >= 4 is 5.91 Å². The lowest BCUT2D eigenvalue weighted by atomic mass is 10.2. The van der Waals surface area contributed by atoms with Gasteiger partial charge in [-0.15, -0.1) is 0 Å². The fraction of sp³-hybridized carbons (Fsp3) is 0.158. The molecule has 8 heteroatoms. The number of hydrogen-bond acceptors (Lipinski definition) is 5. The number of nitrogens with one attached hydrogen (secondary N) is 1. The average molecular weight is 374 g/mol. The van der Waals surface area contributed by atoms with Crippen LogP contribution in [0.15, 0.2) is 59.1 Å². The summed E-state index contributed by atoms with van der Waals surface area (Å²) in [7, 11) is 1.32. The second-order valence-corrected chi connectivity index (χ2v) is 5.41. The molecule has 0 bridgehead atoms. The predicted molar refractivity (Wildman–Crippen MR) is 92.7 cm³/mol. The molecule has 1 amide bonds. The number of oxazole rings is 1. The van der Waals surface area contributed by atoms with E-state index in [2.05, 4.69) is 15.0 Å². The van der Waals surface area contributed by atoms with Crippen molar-refractivity contribution in [3.05, 3.63) is 66.2 Å². The van der Waals surface area contributed by atoms with Gasteiger partial charge in [-0.25, -0.2) is 4.98 Å². The van der Waals surface area contributed by atoms with E-state index in [1.807, 2.05) is 30.3 Å². The standard InChI is InChI=1S/C19H16F2N2O4/c1-25-14-8-7-13(9-15(14)27-19(20)21)18(24)23-11-17-22-10-16(26-17)12-5-3-2-4-6-12/h2-10,19H,11H2,1H3,(H,23,24). The van der Waals surface area contributed by atoms with Gasteiger partial charge in [-0.2, -0.15) is 8.78 Å². The topological polar surface area (TPSA) is 73.6 Å². The summed E-state index contributed by atoms with van der Waals surface area (Å²) in [5.74, 6) is 0.294. The van der Waals surface area contributed by atoms with E-state index in [4.69, 9.17) is 9.15 Å². The van der Waals surface area contributed by atoms with Crippen LogP contribution in [0, 0.1) is 0 Å². The summed E-state index contributed by atoms with van der Waals surface area (Å²) in [4.78, 5) is 16.4. The van der Waals surface area contributed by atoms with Gasteiger partial charge in [0.05, 0.1) is 19.9 Å². The number of carbonyl (C=O) groups excluding carboxylic acids is 1. The minimum atomic E-state index is -3.03. The van der Waals surface area contributed by atoms with Crippen LogP contribution in [0.5, 0.6) is 11.5 Å². The zero-order valence-corrected chi connectivity index (χ0v) is 14.3. The summed E-state index contributed by atoms with van der Waals surface area (Å²) < 4.78 is 39.9. The van der Waals surface area contributed by atoms with Crippen molar-refractivity contribution in [2.45, 2.75) is 13.2 Å². The Morgan fingerprint density at radius 1 is 1.19 bits per heavy atom. The highest BCUT2D eigenvalue weighted by molar-refractivity contribution is 5.94. The molecule has 0 fully saturated rings.